The summed E-state index contributed by atoms with van der Waals surface area (Å²) < 4.78 is 28.7. The summed E-state index contributed by atoms with van der Waals surface area (Å²) in [5, 5.41) is 8.99. The highest BCUT2D eigenvalue weighted by molar-refractivity contribution is 7.47. The van der Waals surface area contributed by atoms with Crippen molar-refractivity contribution in [3.8, 4) is 5.75 Å². The minimum atomic E-state index is -4.66. The number of nitrogens with zero attached hydrogens (tertiary/aromatic N) is 1. The normalized spacial score (nSPS) is 16.5. The Kier molecular flexibility index (Phi) is 15.9. The molecule has 4 N–H and O–H groups in total. The van der Waals surface area contributed by atoms with Crippen molar-refractivity contribution in [2.24, 2.45) is 5.92 Å². The number of carbonyl (C=O) groups is 3. The van der Waals surface area contributed by atoms with E-state index in [1.54, 1.807) is 4.90 Å². The SMILES string of the molecule is CCOP(=O)(O)OO[C@@H](C[C@H](Cc1ccccc1)NC(=O)[C@H](C(C)C)N1CCCNC1=O)[C@H](Cc1ccccc1)NC(=O)COc1c(C)cccc1C. The van der Waals surface area contributed by atoms with Gasteiger partial charge in [0.25, 0.3) is 5.91 Å². The summed E-state index contributed by atoms with van der Waals surface area (Å²) in [4.78, 5) is 58.3. The number of rotatable bonds is 20. The Morgan fingerprint density at radius 3 is 2.13 bits per heavy atom. The van der Waals surface area contributed by atoms with Crippen molar-refractivity contribution in [2.75, 3.05) is 26.3 Å². The van der Waals surface area contributed by atoms with Crippen LogP contribution in [0.5, 0.6) is 5.75 Å². The van der Waals surface area contributed by atoms with Gasteiger partial charge in [-0.25, -0.2) is 14.2 Å². The molecule has 1 aliphatic heterocycles. The molecule has 14 heteroatoms. The minimum Gasteiger partial charge on any atom is -0.483 e. The van der Waals surface area contributed by atoms with Crippen LogP contribution in [0, 0.1) is 19.8 Å². The molecule has 1 unspecified atom stereocenters. The molecule has 1 aliphatic rings. The van der Waals surface area contributed by atoms with E-state index in [-0.39, 0.29) is 43.9 Å². The monoisotopic (exact) mass is 752 g/mol. The van der Waals surface area contributed by atoms with E-state index in [1.807, 2.05) is 107 Å². The second kappa shape index (κ2) is 20.3. The Morgan fingerprint density at radius 1 is 0.925 bits per heavy atom. The summed E-state index contributed by atoms with van der Waals surface area (Å²) >= 11 is 0. The fourth-order valence-corrected chi connectivity index (χ4v) is 7.09. The van der Waals surface area contributed by atoms with Crippen LogP contribution in [-0.4, -0.2) is 78.2 Å². The summed E-state index contributed by atoms with van der Waals surface area (Å²) in [6.07, 6.45) is 0.221. The predicted octanol–water partition coefficient (Wildman–Crippen LogP) is 5.42. The molecule has 1 heterocycles. The first-order valence-corrected chi connectivity index (χ1v) is 19.6. The summed E-state index contributed by atoms with van der Waals surface area (Å²) in [5.74, 6) is -0.423. The first-order chi connectivity index (χ1) is 25.4. The number of nitrogens with one attached hydrogen (secondary N) is 3. The number of phosphoric acid groups is 1. The lowest BCUT2D eigenvalue weighted by Gasteiger charge is -2.37. The summed E-state index contributed by atoms with van der Waals surface area (Å²) in [5.41, 5.74) is 3.51. The van der Waals surface area contributed by atoms with Crippen molar-refractivity contribution in [1.82, 2.24) is 20.9 Å². The first kappa shape index (κ1) is 41.5. The van der Waals surface area contributed by atoms with Crippen LogP contribution in [0.2, 0.25) is 0 Å². The lowest BCUT2D eigenvalue weighted by atomic mass is 9.92. The number of carbonyl (C=O) groups excluding carboxylic acids is 3. The molecule has 1 saturated heterocycles. The number of ether oxygens (including phenoxy) is 1. The van der Waals surface area contributed by atoms with Gasteiger partial charge in [0.2, 0.25) is 5.91 Å². The van der Waals surface area contributed by atoms with E-state index in [2.05, 4.69) is 16.0 Å². The number of amides is 4. The van der Waals surface area contributed by atoms with Gasteiger partial charge in [0, 0.05) is 19.1 Å². The average molecular weight is 753 g/mol. The highest BCUT2D eigenvalue weighted by Gasteiger charge is 2.37. The zero-order chi connectivity index (χ0) is 38.4. The lowest BCUT2D eigenvalue weighted by molar-refractivity contribution is -0.268. The van der Waals surface area contributed by atoms with Crippen LogP contribution >= 0.6 is 7.82 Å². The molecule has 0 spiro atoms. The highest BCUT2D eigenvalue weighted by atomic mass is 31.2. The third-order valence-electron chi connectivity index (χ3n) is 8.94. The Bertz CT molecular complexity index is 1660. The number of hydrogen-bond donors (Lipinski definition) is 4. The number of benzene rings is 3. The Morgan fingerprint density at radius 2 is 1.55 bits per heavy atom. The topological polar surface area (TPSA) is 165 Å². The van der Waals surface area contributed by atoms with Crippen molar-refractivity contribution in [1.29, 1.82) is 0 Å². The van der Waals surface area contributed by atoms with E-state index in [4.69, 9.17) is 18.8 Å². The maximum atomic E-state index is 14.1. The third-order valence-corrected chi connectivity index (χ3v) is 9.80. The van der Waals surface area contributed by atoms with Gasteiger partial charge in [-0.2, -0.15) is 0 Å². The third kappa shape index (κ3) is 13.0. The van der Waals surface area contributed by atoms with Gasteiger partial charge in [0.15, 0.2) is 6.61 Å². The molecular formula is C39H53N4O9P. The molecule has 0 radical (unpaired) electrons. The van der Waals surface area contributed by atoms with E-state index in [0.717, 1.165) is 22.3 Å². The van der Waals surface area contributed by atoms with Gasteiger partial charge in [-0.1, -0.05) is 92.7 Å². The molecule has 4 rings (SSSR count). The second-order valence-electron chi connectivity index (χ2n) is 13.6. The molecule has 1 fully saturated rings. The summed E-state index contributed by atoms with van der Waals surface area (Å²) in [6.45, 7) is 9.66. The first-order valence-electron chi connectivity index (χ1n) is 18.1. The fourth-order valence-electron chi connectivity index (χ4n) is 6.50. The van der Waals surface area contributed by atoms with E-state index in [9.17, 15) is 23.8 Å². The van der Waals surface area contributed by atoms with Crippen molar-refractivity contribution in [3.63, 3.8) is 0 Å². The molecule has 3 aromatic carbocycles. The van der Waals surface area contributed by atoms with Gasteiger partial charge in [0.05, 0.1) is 12.6 Å². The van der Waals surface area contributed by atoms with Crippen LogP contribution in [-0.2, 0) is 41.1 Å². The van der Waals surface area contributed by atoms with Crippen LogP contribution in [0.15, 0.2) is 78.9 Å². The van der Waals surface area contributed by atoms with E-state index >= 15 is 0 Å². The second-order valence-corrected chi connectivity index (χ2v) is 14.9. The molecule has 5 atom stereocenters. The Hall–Kier alpha value is -4.26. The molecule has 4 amide bonds. The number of hydrogen-bond acceptors (Lipinski definition) is 8. The highest BCUT2D eigenvalue weighted by Crippen LogP contribution is 2.44. The smallest absolute Gasteiger partial charge is 0.483 e. The van der Waals surface area contributed by atoms with Crippen molar-refractivity contribution in [3.05, 3.63) is 101 Å². The van der Waals surface area contributed by atoms with Crippen LogP contribution in [0.4, 0.5) is 4.79 Å². The Labute approximate surface area is 312 Å². The molecule has 53 heavy (non-hydrogen) atoms. The number of para-hydroxylation sites is 1. The van der Waals surface area contributed by atoms with Crippen molar-refractivity contribution in [2.45, 2.75) is 84.5 Å². The van der Waals surface area contributed by atoms with Crippen LogP contribution < -0.4 is 20.7 Å². The van der Waals surface area contributed by atoms with E-state index in [1.165, 1.54) is 6.92 Å². The molecule has 288 valence electrons. The lowest BCUT2D eigenvalue weighted by Crippen LogP contribution is -2.59. The molecule has 0 bridgehead atoms. The molecule has 0 aliphatic carbocycles. The quantitative estimate of drug-likeness (QED) is 0.0670. The maximum absolute atomic E-state index is 14.1. The maximum Gasteiger partial charge on any atom is 0.499 e. The molecule has 13 nitrogen and oxygen atoms in total. The van der Waals surface area contributed by atoms with Crippen LogP contribution in [0.25, 0.3) is 0 Å². The van der Waals surface area contributed by atoms with E-state index in [0.29, 0.717) is 31.7 Å². The predicted molar refractivity (Wildman–Crippen MR) is 201 cm³/mol. The van der Waals surface area contributed by atoms with Crippen LogP contribution in [0.1, 0.15) is 55.9 Å². The summed E-state index contributed by atoms with van der Waals surface area (Å²) in [7, 11) is -4.66. The molecule has 0 saturated carbocycles. The standard InChI is InChI=1S/C39H53N4O9P/c1-6-50-53(47,48)52-51-34(33(24-31-19-11-8-12-20-31)42-35(44)26-49-37-28(4)15-13-16-29(37)5)25-32(23-30-17-9-7-10-18-30)41-38(45)36(27(2)3)43-22-14-21-40-39(43)46/h7-13,15-20,27,32-34,36H,6,14,21-26H2,1-5H3,(H,40,46)(H,41,45)(H,42,44)(H,47,48)/t32-,33-,34-,36-/m0/s1. The zero-order valence-electron chi connectivity index (χ0n) is 31.2. The number of aryl methyl sites for hydroxylation is 2. The van der Waals surface area contributed by atoms with E-state index < -0.39 is 38.0 Å². The molecule has 3 aromatic rings. The van der Waals surface area contributed by atoms with Gasteiger partial charge >= 0.3 is 13.9 Å². The minimum absolute atomic E-state index is 0.0271. The fraction of sp³-hybridized carbons (Fsp3) is 0.462. The van der Waals surface area contributed by atoms with Crippen molar-refractivity contribution < 1.29 is 42.7 Å². The van der Waals surface area contributed by atoms with Crippen LogP contribution in [0.3, 0.4) is 0 Å². The van der Waals surface area contributed by atoms with Gasteiger partial charge in [-0.3, -0.25) is 14.1 Å². The van der Waals surface area contributed by atoms with Gasteiger partial charge in [-0.05, 0) is 74.6 Å². The summed E-state index contributed by atoms with van der Waals surface area (Å²) in [6, 6.07) is 22.1. The largest absolute Gasteiger partial charge is 0.499 e. The number of phosphoric ester groups is 1. The van der Waals surface area contributed by atoms with Gasteiger partial charge in [-0.15, -0.1) is 4.67 Å². The van der Waals surface area contributed by atoms with Crippen molar-refractivity contribution >= 4 is 25.7 Å². The molecule has 0 aromatic heterocycles. The molecular weight excluding hydrogens is 699 g/mol. The zero-order valence-corrected chi connectivity index (χ0v) is 32.1. The van der Waals surface area contributed by atoms with Gasteiger partial charge in [0.1, 0.15) is 17.9 Å². The van der Waals surface area contributed by atoms with Gasteiger partial charge < -0.3 is 30.5 Å². The average Bonchev–Trinajstić information content (AvgIpc) is 3.11. The Balaban J connectivity index is 1.67. The number of urea groups is 1.